The highest BCUT2D eigenvalue weighted by Crippen LogP contribution is 2.40. The van der Waals surface area contributed by atoms with Gasteiger partial charge >= 0.3 is 5.97 Å². The van der Waals surface area contributed by atoms with Gasteiger partial charge in [0.2, 0.25) is 0 Å². The summed E-state index contributed by atoms with van der Waals surface area (Å²) in [6, 6.07) is 12.2. The van der Waals surface area contributed by atoms with Gasteiger partial charge in [-0.2, -0.15) is 0 Å². The second-order valence-electron chi connectivity index (χ2n) is 8.04. The predicted molar refractivity (Wildman–Crippen MR) is 130 cm³/mol. The lowest BCUT2D eigenvalue weighted by Gasteiger charge is -2.22. The van der Waals surface area contributed by atoms with Crippen LogP contribution in [0.3, 0.4) is 0 Å². The fraction of sp³-hybridized carbons (Fsp3) is 0.458. The Morgan fingerprint density at radius 3 is 2.55 bits per heavy atom. The van der Waals surface area contributed by atoms with E-state index >= 15 is 0 Å². The molecule has 0 fully saturated rings. The number of fused-ring (bicyclic) bond motifs is 2. The largest absolute Gasteiger partial charge is 0.466 e. The summed E-state index contributed by atoms with van der Waals surface area (Å²) in [5, 5.41) is 3.54. The number of unbranched alkanes of at least 4 members (excludes halogenated alkanes) is 3. The van der Waals surface area contributed by atoms with Crippen molar-refractivity contribution < 1.29 is 22.2 Å². The molecule has 0 spiro atoms. The molecule has 0 aliphatic carbocycles. The molecule has 0 aromatic heterocycles. The molecular formula is C24H32N2O5S2. The van der Waals surface area contributed by atoms with Crippen LogP contribution in [0.15, 0.2) is 52.3 Å². The maximum atomic E-state index is 13.4. The van der Waals surface area contributed by atoms with E-state index in [0.29, 0.717) is 35.7 Å². The van der Waals surface area contributed by atoms with Crippen molar-refractivity contribution in [2.24, 2.45) is 0 Å². The van der Waals surface area contributed by atoms with Crippen LogP contribution in [-0.2, 0) is 30.4 Å². The Morgan fingerprint density at radius 1 is 1.09 bits per heavy atom. The van der Waals surface area contributed by atoms with Crippen LogP contribution < -0.4 is 9.62 Å². The highest BCUT2D eigenvalue weighted by atomic mass is 32.2. The summed E-state index contributed by atoms with van der Waals surface area (Å²) in [4.78, 5) is 12.1. The molecule has 2 unspecified atom stereocenters. The van der Waals surface area contributed by atoms with Crippen LogP contribution in [0, 0.1) is 0 Å². The number of ether oxygens (including phenoxy) is 1. The molecule has 9 heteroatoms. The molecule has 1 aliphatic heterocycles. The summed E-state index contributed by atoms with van der Waals surface area (Å²) in [7, 11) is -3.54. The lowest BCUT2D eigenvalue weighted by Crippen LogP contribution is -2.26. The number of anilines is 1. The van der Waals surface area contributed by atoms with Crippen LogP contribution in [0.2, 0.25) is 0 Å². The zero-order valence-corrected chi connectivity index (χ0v) is 21.0. The molecule has 33 heavy (non-hydrogen) atoms. The van der Waals surface area contributed by atoms with E-state index in [1.807, 2.05) is 24.3 Å². The molecule has 2 aromatic carbocycles. The number of esters is 1. The fourth-order valence-corrected chi connectivity index (χ4v) is 6.16. The molecule has 0 bridgehead atoms. The molecule has 0 saturated heterocycles. The fourth-order valence-electron chi connectivity index (χ4n) is 4.07. The molecule has 180 valence electrons. The summed E-state index contributed by atoms with van der Waals surface area (Å²) < 4.78 is 45.1. The molecule has 0 amide bonds. The SMILES string of the molecule is CCOC(=O)CCCCCCNC1c2ccccc2N(C)S(=O)(=O)c2cc(S(C)=O)ccc21. The van der Waals surface area contributed by atoms with Crippen LogP contribution in [0.25, 0.3) is 0 Å². The maximum Gasteiger partial charge on any atom is 0.305 e. The van der Waals surface area contributed by atoms with Crippen molar-refractivity contribution in [3.63, 3.8) is 0 Å². The first kappa shape index (κ1) is 25.4. The number of para-hydroxylation sites is 1. The van der Waals surface area contributed by atoms with E-state index in [-0.39, 0.29) is 16.9 Å². The van der Waals surface area contributed by atoms with Crippen LogP contribution in [0.4, 0.5) is 5.69 Å². The molecule has 1 heterocycles. The Balaban J connectivity index is 1.79. The number of carbonyl (C=O) groups excluding carboxylic acids is 1. The maximum absolute atomic E-state index is 13.4. The summed E-state index contributed by atoms with van der Waals surface area (Å²) in [5.74, 6) is -0.153. The van der Waals surface area contributed by atoms with E-state index in [0.717, 1.165) is 31.2 Å². The van der Waals surface area contributed by atoms with Crippen LogP contribution in [0.1, 0.15) is 56.2 Å². The number of nitrogens with zero attached hydrogens (tertiary/aromatic N) is 1. The molecule has 0 saturated carbocycles. The Labute approximate surface area is 199 Å². The third kappa shape index (κ3) is 5.83. The van der Waals surface area contributed by atoms with Gasteiger partial charge < -0.3 is 10.1 Å². The average Bonchev–Trinajstić information content (AvgIpc) is 2.86. The number of sulfonamides is 1. The van der Waals surface area contributed by atoms with Gasteiger partial charge in [0.1, 0.15) is 0 Å². The van der Waals surface area contributed by atoms with E-state index in [1.165, 1.54) is 10.4 Å². The molecule has 3 rings (SSSR count). The van der Waals surface area contributed by atoms with E-state index in [9.17, 15) is 17.4 Å². The van der Waals surface area contributed by atoms with Crippen molar-refractivity contribution >= 4 is 32.5 Å². The first-order valence-electron chi connectivity index (χ1n) is 11.2. The number of benzene rings is 2. The van der Waals surface area contributed by atoms with E-state index < -0.39 is 20.8 Å². The first-order valence-corrected chi connectivity index (χ1v) is 14.2. The zero-order valence-electron chi connectivity index (χ0n) is 19.4. The Kier molecular flexibility index (Phi) is 8.67. The van der Waals surface area contributed by atoms with Crippen molar-refractivity contribution in [2.45, 2.75) is 54.9 Å². The lowest BCUT2D eigenvalue weighted by molar-refractivity contribution is -0.143. The zero-order chi connectivity index (χ0) is 24.0. The van der Waals surface area contributed by atoms with Gasteiger partial charge in [0, 0.05) is 35.4 Å². The lowest BCUT2D eigenvalue weighted by atomic mass is 9.96. The summed E-state index contributed by atoms with van der Waals surface area (Å²) in [6.45, 7) is 2.91. The Morgan fingerprint density at radius 2 is 1.82 bits per heavy atom. The van der Waals surface area contributed by atoms with Gasteiger partial charge in [-0.15, -0.1) is 0 Å². The Bertz CT molecular complexity index is 1120. The molecule has 1 aliphatic rings. The predicted octanol–water partition coefficient (Wildman–Crippen LogP) is 3.76. The minimum atomic E-state index is -3.80. The van der Waals surface area contributed by atoms with Crippen molar-refractivity contribution in [3.8, 4) is 0 Å². The van der Waals surface area contributed by atoms with Gasteiger partial charge in [-0.3, -0.25) is 13.3 Å². The Hall–Kier alpha value is -2.23. The van der Waals surface area contributed by atoms with Gasteiger partial charge in [0.05, 0.1) is 23.2 Å². The summed E-state index contributed by atoms with van der Waals surface area (Å²) in [5.41, 5.74) is 2.16. The minimum Gasteiger partial charge on any atom is -0.466 e. The third-order valence-corrected chi connectivity index (χ3v) is 8.56. The van der Waals surface area contributed by atoms with Crippen molar-refractivity contribution in [1.82, 2.24) is 5.32 Å². The average molecular weight is 493 g/mol. The second kappa shape index (κ2) is 11.3. The number of nitrogens with one attached hydrogen (secondary N) is 1. The molecule has 2 aromatic rings. The molecule has 1 N–H and O–H groups in total. The van der Waals surface area contributed by atoms with Crippen molar-refractivity contribution in [3.05, 3.63) is 53.6 Å². The number of hydrogen-bond acceptors (Lipinski definition) is 6. The monoisotopic (exact) mass is 492 g/mol. The van der Waals surface area contributed by atoms with Crippen LogP contribution in [-0.4, -0.2) is 45.1 Å². The van der Waals surface area contributed by atoms with Crippen molar-refractivity contribution in [2.75, 3.05) is 30.8 Å². The number of rotatable bonds is 10. The van der Waals surface area contributed by atoms with E-state index in [4.69, 9.17) is 4.74 Å². The number of carbonyl (C=O) groups is 1. The van der Waals surface area contributed by atoms with Crippen LogP contribution in [0.5, 0.6) is 0 Å². The van der Waals surface area contributed by atoms with E-state index in [2.05, 4.69) is 5.32 Å². The molecule has 0 radical (unpaired) electrons. The quantitative estimate of drug-likeness (QED) is 0.401. The minimum absolute atomic E-state index is 0.153. The van der Waals surface area contributed by atoms with Gasteiger partial charge in [-0.25, -0.2) is 8.42 Å². The third-order valence-electron chi connectivity index (χ3n) is 5.81. The molecule has 7 nitrogen and oxygen atoms in total. The van der Waals surface area contributed by atoms with Gasteiger partial charge in [0.15, 0.2) is 0 Å². The normalized spacial score (nSPS) is 17.5. The van der Waals surface area contributed by atoms with Gasteiger partial charge in [-0.05, 0) is 55.6 Å². The highest BCUT2D eigenvalue weighted by molar-refractivity contribution is 7.93. The van der Waals surface area contributed by atoms with Gasteiger partial charge in [0.25, 0.3) is 10.0 Å². The highest BCUT2D eigenvalue weighted by Gasteiger charge is 2.35. The van der Waals surface area contributed by atoms with Gasteiger partial charge in [-0.1, -0.05) is 37.1 Å². The summed E-state index contributed by atoms with van der Waals surface area (Å²) >= 11 is 0. The topological polar surface area (TPSA) is 92.8 Å². The smallest absolute Gasteiger partial charge is 0.305 e. The number of hydrogen-bond donors (Lipinski definition) is 1. The molecular weight excluding hydrogens is 460 g/mol. The second-order valence-corrected chi connectivity index (χ2v) is 11.4. The van der Waals surface area contributed by atoms with Crippen molar-refractivity contribution in [1.29, 1.82) is 0 Å². The summed E-state index contributed by atoms with van der Waals surface area (Å²) in [6.07, 6.45) is 5.57. The first-order chi connectivity index (χ1) is 15.8. The van der Waals surface area contributed by atoms with E-state index in [1.54, 1.807) is 32.4 Å². The molecule has 2 atom stereocenters. The standard InChI is InChI=1S/C24H32N2O5S2/c1-4-31-23(27)13-7-5-6-10-16-25-24-19-11-8-9-12-21(19)26(2)33(29,30)22-17-18(32(3)28)14-15-20(22)24/h8-9,11-12,14-15,17,24-25H,4-7,10,13,16H2,1-3H3. The van der Waals surface area contributed by atoms with Crippen LogP contribution >= 0.6 is 0 Å².